The van der Waals surface area contributed by atoms with Crippen molar-refractivity contribution >= 4 is 5.69 Å². The van der Waals surface area contributed by atoms with Crippen molar-refractivity contribution < 1.29 is 5.11 Å². The molecule has 1 aromatic rings. The van der Waals surface area contributed by atoms with Gasteiger partial charge in [0.2, 0.25) is 0 Å². The highest BCUT2D eigenvalue weighted by atomic mass is 16.3. The summed E-state index contributed by atoms with van der Waals surface area (Å²) in [5.74, 6) is 1.48. The predicted octanol–water partition coefficient (Wildman–Crippen LogP) is 2.61. The van der Waals surface area contributed by atoms with Crippen LogP contribution in [-0.4, -0.2) is 41.8 Å². The molecule has 0 amide bonds. The van der Waals surface area contributed by atoms with Gasteiger partial charge in [-0.05, 0) is 68.7 Å². The zero-order valence-electron chi connectivity index (χ0n) is 13.2. The summed E-state index contributed by atoms with van der Waals surface area (Å²) in [7, 11) is 0. The van der Waals surface area contributed by atoms with Gasteiger partial charge in [-0.1, -0.05) is 18.2 Å². The first-order valence-electron chi connectivity index (χ1n) is 9.05. The fourth-order valence-electron chi connectivity index (χ4n) is 6.46. The van der Waals surface area contributed by atoms with E-state index >= 15 is 0 Å². The number of anilines is 1. The summed E-state index contributed by atoms with van der Waals surface area (Å²) in [6.07, 6.45) is 6.25. The minimum atomic E-state index is 0.341. The first-order valence-corrected chi connectivity index (χ1v) is 9.05. The summed E-state index contributed by atoms with van der Waals surface area (Å²) in [6.45, 7) is 2.89. The third kappa shape index (κ3) is 1.54. The summed E-state index contributed by atoms with van der Waals surface area (Å²) in [5.41, 5.74) is 3.30. The quantitative estimate of drug-likeness (QED) is 0.881. The van der Waals surface area contributed by atoms with Crippen LogP contribution in [0.4, 0.5) is 5.69 Å². The van der Waals surface area contributed by atoms with Crippen LogP contribution in [0.1, 0.15) is 37.7 Å². The number of hydrogen-bond acceptors (Lipinski definition) is 3. The van der Waals surface area contributed by atoms with Crippen molar-refractivity contribution in [2.75, 3.05) is 25.0 Å². The van der Waals surface area contributed by atoms with Crippen molar-refractivity contribution in [1.82, 2.24) is 4.90 Å². The molecular weight excluding hydrogens is 272 g/mol. The molecule has 5 rings (SSSR count). The lowest BCUT2D eigenvalue weighted by Crippen LogP contribution is -2.61. The van der Waals surface area contributed by atoms with Crippen LogP contribution in [0.5, 0.6) is 0 Å². The van der Waals surface area contributed by atoms with Crippen LogP contribution in [0.3, 0.4) is 0 Å². The lowest BCUT2D eigenvalue weighted by Gasteiger charge is -2.54. The molecule has 118 valence electrons. The molecule has 1 aromatic carbocycles. The standard InChI is InChI=1S/C19H26N2O/c22-11-7-13-12-17-19(15-5-1-2-6-16(15)20-17)8-10-21-9-3-4-14(13)18(19)21/h1-2,5-6,13-14,17-18,20,22H,3-4,7-12H2/t13-,14+,17+,18+,19+/m0/s1. The molecule has 0 aromatic heterocycles. The number of rotatable bonds is 2. The molecule has 3 fully saturated rings. The van der Waals surface area contributed by atoms with Crippen molar-refractivity contribution in [1.29, 1.82) is 0 Å². The molecule has 0 unspecified atom stereocenters. The maximum atomic E-state index is 9.53. The molecule has 22 heavy (non-hydrogen) atoms. The molecule has 3 nitrogen and oxygen atoms in total. The van der Waals surface area contributed by atoms with E-state index in [2.05, 4.69) is 34.5 Å². The Morgan fingerprint density at radius 1 is 1.27 bits per heavy atom. The lowest BCUT2D eigenvalue weighted by molar-refractivity contribution is 0.00675. The van der Waals surface area contributed by atoms with E-state index in [4.69, 9.17) is 0 Å². The van der Waals surface area contributed by atoms with Gasteiger partial charge in [0.05, 0.1) is 0 Å². The van der Waals surface area contributed by atoms with Crippen LogP contribution in [0, 0.1) is 11.8 Å². The minimum Gasteiger partial charge on any atom is -0.396 e. The second-order valence-electron chi connectivity index (χ2n) is 7.83. The maximum Gasteiger partial charge on any atom is 0.0433 e. The number of hydrogen-bond donors (Lipinski definition) is 2. The summed E-state index contributed by atoms with van der Waals surface area (Å²) < 4.78 is 0. The Morgan fingerprint density at radius 2 is 2.18 bits per heavy atom. The van der Waals surface area contributed by atoms with Crippen LogP contribution < -0.4 is 5.32 Å². The van der Waals surface area contributed by atoms with Crippen molar-refractivity contribution in [3.05, 3.63) is 29.8 Å². The van der Waals surface area contributed by atoms with Crippen LogP contribution in [0.25, 0.3) is 0 Å². The number of aliphatic hydroxyl groups is 1. The SMILES string of the molecule is OCC[C@H]1C[C@H]2Nc3ccccc3[C@]23CCN2CCC[C@H]1[C@@H]23. The van der Waals surface area contributed by atoms with Crippen molar-refractivity contribution in [2.45, 2.75) is 49.6 Å². The van der Waals surface area contributed by atoms with E-state index in [1.165, 1.54) is 44.5 Å². The van der Waals surface area contributed by atoms with Gasteiger partial charge in [-0.15, -0.1) is 0 Å². The molecule has 2 N–H and O–H groups in total. The Labute approximate surface area is 132 Å². The number of fused-ring (bicyclic) bond motifs is 1. The van der Waals surface area contributed by atoms with Gasteiger partial charge in [-0.2, -0.15) is 0 Å². The fourth-order valence-corrected chi connectivity index (χ4v) is 6.46. The highest BCUT2D eigenvalue weighted by Crippen LogP contribution is 2.60. The number of nitrogens with one attached hydrogen (secondary N) is 1. The monoisotopic (exact) mass is 298 g/mol. The second-order valence-corrected chi connectivity index (χ2v) is 7.83. The number of para-hydroxylation sites is 1. The second kappa shape index (κ2) is 4.72. The normalized spacial score (nSPS) is 42.4. The molecule has 5 atom stereocenters. The molecule has 4 aliphatic rings. The van der Waals surface area contributed by atoms with Crippen LogP contribution in [0.2, 0.25) is 0 Å². The van der Waals surface area contributed by atoms with E-state index in [0.717, 1.165) is 12.3 Å². The van der Waals surface area contributed by atoms with Gasteiger partial charge in [-0.3, -0.25) is 4.90 Å². The Balaban J connectivity index is 1.64. The molecule has 3 aliphatic heterocycles. The van der Waals surface area contributed by atoms with Gasteiger partial charge < -0.3 is 10.4 Å². The smallest absolute Gasteiger partial charge is 0.0433 e. The van der Waals surface area contributed by atoms with Crippen molar-refractivity contribution in [3.8, 4) is 0 Å². The molecule has 3 heteroatoms. The van der Waals surface area contributed by atoms with E-state index in [-0.39, 0.29) is 0 Å². The first kappa shape index (κ1) is 13.4. The maximum absolute atomic E-state index is 9.53. The van der Waals surface area contributed by atoms with Crippen LogP contribution in [-0.2, 0) is 5.41 Å². The topological polar surface area (TPSA) is 35.5 Å². The molecule has 0 radical (unpaired) electrons. The van der Waals surface area contributed by atoms with Gasteiger partial charge in [-0.25, -0.2) is 0 Å². The van der Waals surface area contributed by atoms with Crippen LogP contribution in [0.15, 0.2) is 24.3 Å². The molecule has 0 bridgehead atoms. The van der Waals surface area contributed by atoms with Crippen molar-refractivity contribution in [2.24, 2.45) is 11.8 Å². The minimum absolute atomic E-state index is 0.341. The van der Waals surface area contributed by atoms with Crippen molar-refractivity contribution in [3.63, 3.8) is 0 Å². The zero-order chi connectivity index (χ0) is 14.7. The average molecular weight is 298 g/mol. The number of nitrogens with zero attached hydrogens (tertiary/aromatic N) is 1. The third-order valence-corrected chi connectivity index (χ3v) is 7.15. The van der Waals surface area contributed by atoms with E-state index in [9.17, 15) is 5.11 Å². The summed E-state index contributed by atoms with van der Waals surface area (Å²) >= 11 is 0. The Kier molecular flexibility index (Phi) is 2.87. The summed E-state index contributed by atoms with van der Waals surface area (Å²) in [4.78, 5) is 2.79. The molecule has 1 aliphatic carbocycles. The Morgan fingerprint density at radius 3 is 3.09 bits per heavy atom. The summed E-state index contributed by atoms with van der Waals surface area (Å²) in [6, 6.07) is 10.3. The molecular formula is C19H26N2O. The Bertz CT molecular complexity index is 589. The first-order chi connectivity index (χ1) is 10.8. The fraction of sp³-hybridized carbons (Fsp3) is 0.684. The third-order valence-electron chi connectivity index (χ3n) is 7.15. The number of benzene rings is 1. The molecule has 2 saturated heterocycles. The van der Waals surface area contributed by atoms with Gasteiger partial charge >= 0.3 is 0 Å². The van der Waals surface area contributed by atoms with Gasteiger partial charge in [0.1, 0.15) is 0 Å². The lowest BCUT2D eigenvalue weighted by atomic mass is 9.56. The number of aliphatic hydroxyl groups excluding tert-OH is 1. The highest BCUT2D eigenvalue weighted by Gasteiger charge is 2.63. The van der Waals surface area contributed by atoms with Crippen LogP contribution >= 0.6 is 0 Å². The van der Waals surface area contributed by atoms with Gasteiger partial charge in [0, 0.05) is 29.8 Å². The largest absolute Gasteiger partial charge is 0.396 e. The van der Waals surface area contributed by atoms with E-state index < -0.39 is 0 Å². The average Bonchev–Trinajstić information content (AvgIpc) is 3.09. The molecule has 3 heterocycles. The zero-order valence-corrected chi connectivity index (χ0v) is 13.2. The number of piperidine rings is 1. The molecule has 1 spiro atoms. The predicted molar refractivity (Wildman–Crippen MR) is 88.0 cm³/mol. The van der Waals surface area contributed by atoms with E-state index in [0.29, 0.717) is 30.0 Å². The van der Waals surface area contributed by atoms with E-state index in [1.807, 2.05) is 0 Å². The summed E-state index contributed by atoms with van der Waals surface area (Å²) in [5, 5.41) is 13.4. The van der Waals surface area contributed by atoms with Gasteiger partial charge in [0.15, 0.2) is 0 Å². The highest BCUT2D eigenvalue weighted by molar-refractivity contribution is 5.64. The van der Waals surface area contributed by atoms with Gasteiger partial charge in [0.25, 0.3) is 0 Å². The Hall–Kier alpha value is -1.06. The van der Waals surface area contributed by atoms with E-state index in [1.54, 1.807) is 5.56 Å². The molecule has 1 saturated carbocycles.